The highest BCUT2D eigenvalue weighted by molar-refractivity contribution is 9.10. The molecule has 0 unspecified atom stereocenters. The van der Waals surface area contributed by atoms with Crippen LogP contribution in [0.4, 0.5) is 0 Å². The number of aryl methyl sites for hydroxylation is 1. The number of nitrogens with one attached hydrogen (secondary N) is 1. The molecule has 0 aliphatic rings. The Morgan fingerprint density at radius 3 is 2.70 bits per heavy atom. The molecule has 1 N–H and O–H groups in total. The molecule has 0 saturated carbocycles. The first-order chi connectivity index (χ1) is 14.3. The molecule has 30 heavy (non-hydrogen) atoms. The van der Waals surface area contributed by atoms with Gasteiger partial charge in [-0.05, 0) is 59.6 Å². The van der Waals surface area contributed by atoms with E-state index in [1.165, 1.54) is 6.21 Å². The maximum Gasteiger partial charge on any atom is 0.345 e. The molecule has 7 nitrogen and oxygen atoms in total. The minimum atomic E-state index is -0.556. The molecule has 0 aliphatic heterocycles. The second-order valence-corrected chi connectivity index (χ2v) is 7.58. The van der Waals surface area contributed by atoms with Crippen LogP contribution in [0.15, 0.2) is 58.1 Å². The lowest BCUT2D eigenvalue weighted by atomic mass is 10.2. The predicted octanol–water partition coefficient (Wildman–Crippen LogP) is 4.29. The molecule has 9 heteroatoms. The second kappa shape index (κ2) is 9.69. The van der Waals surface area contributed by atoms with Crippen LogP contribution in [0.3, 0.4) is 0 Å². The van der Waals surface area contributed by atoms with E-state index in [9.17, 15) is 9.59 Å². The van der Waals surface area contributed by atoms with Crippen molar-refractivity contribution in [3.63, 3.8) is 0 Å². The molecule has 1 amide bonds. The van der Waals surface area contributed by atoms with Gasteiger partial charge in [0, 0.05) is 0 Å². The number of hydrogen-bond donors (Lipinski definition) is 1. The summed E-state index contributed by atoms with van der Waals surface area (Å²) in [6.07, 6.45) is 1.46. The molecule has 1 heterocycles. The Kier molecular flexibility index (Phi) is 7.02. The Morgan fingerprint density at radius 1 is 1.23 bits per heavy atom. The fourth-order valence-corrected chi connectivity index (χ4v) is 3.12. The van der Waals surface area contributed by atoms with E-state index in [0.29, 0.717) is 16.3 Å². The first-order valence-electron chi connectivity index (χ1n) is 8.93. The van der Waals surface area contributed by atoms with Gasteiger partial charge in [0.2, 0.25) is 0 Å². The first-order valence-corrected chi connectivity index (χ1v) is 10.1. The number of nitrogens with zero attached hydrogens (tertiary/aromatic N) is 3. The van der Waals surface area contributed by atoms with Crippen molar-refractivity contribution in [2.75, 3.05) is 0 Å². The summed E-state index contributed by atoms with van der Waals surface area (Å²) in [5, 5.41) is 8.55. The predicted molar refractivity (Wildman–Crippen MR) is 118 cm³/mol. The molecule has 0 atom stereocenters. The van der Waals surface area contributed by atoms with Crippen LogP contribution in [0, 0.1) is 13.8 Å². The molecular weight excluding hydrogens is 472 g/mol. The zero-order chi connectivity index (χ0) is 21.7. The van der Waals surface area contributed by atoms with Gasteiger partial charge in [0.1, 0.15) is 12.3 Å². The Balaban J connectivity index is 1.60. The summed E-state index contributed by atoms with van der Waals surface area (Å²) in [5.74, 6) is -0.535. The van der Waals surface area contributed by atoms with E-state index in [-0.39, 0.29) is 18.0 Å². The average molecular weight is 490 g/mol. The summed E-state index contributed by atoms with van der Waals surface area (Å²) in [6.45, 7) is 3.77. The summed E-state index contributed by atoms with van der Waals surface area (Å²) >= 11 is 9.45. The van der Waals surface area contributed by atoms with Gasteiger partial charge in [0.15, 0.2) is 0 Å². The number of hydrogen-bond acceptors (Lipinski definition) is 5. The van der Waals surface area contributed by atoms with Crippen LogP contribution in [-0.4, -0.2) is 27.9 Å². The van der Waals surface area contributed by atoms with Gasteiger partial charge < -0.3 is 4.74 Å². The van der Waals surface area contributed by atoms with Gasteiger partial charge in [-0.15, -0.1) is 0 Å². The summed E-state index contributed by atoms with van der Waals surface area (Å²) in [7, 11) is 0. The normalized spacial score (nSPS) is 10.9. The van der Waals surface area contributed by atoms with Crippen LogP contribution >= 0.6 is 27.5 Å². The third-order valence-electron chi connectivity index (χ3n) is 4.15. The summed E-state index contributed by atoms with van der Waals surface area (Å²) in [5.41, 5.74) is 5.06. The third kappa shape index (κ3) is 5.34. The Hall–Kier alpha value is -2.97. The smallest absolute Gasteiger partial charge is 0.345 e. The summed E-state index contributed by atoms with van der Waals surface area (Å²) < 4.78 is 7.84. The van der Waals surface area contributed by atoms with E-state index in [1.54, 1.807) is 53.2 Å². The molecule has 0 bridgehead atoms. The van der Waals surface area contributed by atoms with Crippen LogP contribution in [0.1, 0.15) is 27.3 Å². The zero-order valence-corrected chi connectivity index (χ0v) is 18.6. The van der Waals surface area contributed by atoms with E-state index in [2.05, 4.69) is 31.6 Å². The van der Waals surface area contributed by atoms with Gasteiger partial charge >= 0.3 is 5.97 Å². The SMILES string of the molecule is Cc1nn(CC(=O)N/N=C/c2cccc(OC(=O)c3ccccc3Cl)c2)c(C)c1Br. The van der Waals surface area contributed by atoms with Crippen LogP contribution in [-0.2, 0) is 11.3 Å². The highest BCUT2D eigenvalue weighted by atomic mass is 79.9. The quantitative estimate of drug-likeness (QED) is 0.242. The molecule has 3 rings (SSSR count). The average Bonchev–Trinajstić information content (AvgIpc) is 2.95. The number of benzene rings is 2. The van der Waals surface area contributed by atoms with Gasteiger partial charge in [0.25, 0.3) is 5.91 Å². The van der Waals surface area contributed by atoms with Crippen LogP contribution in [0.2, 0.25) is 5.02 Å². The molecule has 0 radical (unpaired) electrons. The van der Waals surface area contributed by atoms with Crippen LogP contribution < -0.4 is 10.2 Å². The monoisotopic (exact) mass is 488 g/mol. The molecule has 0 spiro atoms. The van der Waals surface area contributed by atoms with Gasteiger partial charge in [0.05, 0.1) is 32.7 Å². The number of ether oxygens (including phenoxy) is 1. The van der Waals surface area contributed by atoms with Gasteiger partial charge in [-0.1, -0.05) is 35.9 Å². The zero-order valence-electron chi connectivity index (χ0n) is 16.2. The third-order valence-corrected chi connectivity index (χ3v) is 5.63. The van der Waals surface area contributed by atoms with Crippen molar-refractivity contribution in [1.29, 1.82) is 0 Å². The lowest BCUT2D eigenvalue weighted by Crippen LogP contribution is -2.24. The molecule has 154 valence electrons. The fourth-order valence-electron chi connectivity index (χ4n) is 2.63. The van der Waals surface area contributed by atoms with Crippen molar-refractivity contribution in [3.05, 3.63) is 80.5 Å². The van der Waals surface area contributed by atoms with Crippen molar-refractivity contribution in [1.82, 2.24) is 15.2 Å². The number of hydrazone groups is 1. The largest absolute Gasteiger partial charge is 0.423 e. The summed E-state index contributed by atoms with van der Waals surface area (Å²) in [4.78, 5) is 24.4. The minimum Gasteiger partial charge on any atom is -0.423 e. The number of amides is 1. The number of carbonyl (C=O) groups is 2. The van der Waals surface area contributed by atoms with E-state index in [4.69, 9.17) is 16.3 Å². The lowest BCUT2D eigenvalue weighted by molar-refractivity contribution is -0.121. The molecule has 3 aromatic rings. The molecule has 0 fully saturated rings. The van der Waals surface area contributed by atoms with Crippen molar-refractivity contribution >= 4 is 45.6 Å². The van der Waals surface area contributed by atoms with E-state index < -0.39 is 5.97 Å². The second-order valence-electron chi connectivity index (χ2n) is 6.38. The number of esters is 1. The Morgan fingerprint density at radius 2 is 2.00 bits per heavy atom. The van der Waals surface area contributed by atoms with Gasteiger partial charge in [-0.2, -0.15) is 10.2 Å². The Labute approximate surface area is 186 Å². The lowest BCUT2D eigenvalue weighted by Gasteiger charge is -2.06. The standard InChI is InChI=1S/C21H18BrClN4O3/c1-13-20(22)14(2)27(26-13)12-19(28)25-24-11-15-6-5-7-16(10-15)30-21(29)17-8-3-4-9-18(17)23/h3-11H,12H2,1-2H3,(H,25,28)/b24-11+. The highest BCUT2D eigenvalue weighted by Crippen LogP contribution is 2.20. The molecule has 2 aromatic carbocycles. The minimum absolute atomic E-state index is 0.0467. The van der Waals surface area contributed by atoms with E-state index >= 15 is 0 Å². The number of rotatable bonds is 6. The summed E-state index contributed by atoms with van der Waals surface area (Å²) in [6, 6.07) is 13.4. The maximum absolute atomic E-state index is 12.3. The molecule has 1 aromatic heterocycles. The Bertz CT molecular complexity index is 1130. The van der Waals surface area contributed by atoms with Crippen molar-refractivity contribution in [2.24, 2.45) is 5.10 Å². The number of carbonyl (C=O) groups excluding carboxylic acids is 2. The number of halogens is 2. The molecular formula is C21H18BrClN4O3. The maximum atomic E-state index is 12.3. The number of aromatic nitrogens is 2. The molecule has 0 aliphatic carbocycles. The topological polar surface area (TPSA) is 85.6 Å². The van der Waals surface area contributed by atoms with E-state index in [0.717, 1.165) is 15.9 Å². The van der Waals surface area contributed by atoms with Gasteiger partial charge in [-0.3, -0.25) is 9.48 Å². The van der Waals surface area contributed by atoms with Crippen molar-refractivity contribution in [2.45, 2.75) is 20.4 Å². The molecule has 0 saturated heterocycles. The van der Waals surface area contributed by atoms with Crippen molar-refractivity contribution < 1.29 is 14.3 Å². The van der Waals surface area contributed by atoms with Crippen LogP contribution in [0.5, 0.6) is 5.75 Å². The fraction of sp³-hybridized carbons (Fsp3) is 0.143. The van der Waals surface area contributed by atoms with Gasteiger partial charge in [-0.25, -0.2) is 10.2 Å². The van der Waals surface area contributed by atoms with E-state index in [1.807, 2.05) is 13.8 Å². The van der Waals surface area contributed by atoms with Crippen molar-refractivity contribution in [3.8, 4) is 5.75 Å². The first kappa shape index (κ1) is 21.7. The van der Waals surface area contributed by atoms with Crippen LogP contribution in [0.25, 0.3) is 0 Å². The highest BCUT2D eigenvalue weighted by Gasteiger charge is 2.13.